The summed E-state index contributed by atoms with van der Waals surface area (Å²) in [5.41, 5.74) is 6.40. The Morgan fingerprint density at radius 1 is 1.33 bits per heavy atom. The second-order valence-corrected chi connectivity index (χ2v) is 5.51. The van der Waals surface area contributed by atoms with E-state index in [1.165, 1.54) is 17.5 Å². The highest BCUT2D eigenvalue weighted by atomic mass is 32.1. The fraction of sp³-hybridized carbons (Fsp3) is 0. The zero-order valence-electron chi connectivity index (χ0n) is 9.08. The molecular formula is C11H8N4OS2. The maximum Gasteiger partial charge on any atom is 0.266 e. The molecular weight excluding hydrogens is 268 g/mol. The number of thiophene rings is 1. The average molecular weight is 276 g/mol. The van der Waals surface area contributed by atoms with Crippen molar-refractivity contribution in [3.63, 3.8) is 0 Å². The molecule has 3 rings (SSSR count). The van der Waals surface area contributed by atoms with E-state index in [2.05, 4.69) is 14.9 Å². The number of fused-ring (bicyclic) bond motifs is 1. The number of benzene rings is 1. The van der Waals surface area contributed by atoms with Crippen molar-refractivity contribution in [1.82, 2.24) is 9.59 Å². The normalized spacial score (nSPS) is 10.7. The fourth-order valence-electron chi connectivity index (χ4n) is 1.57. The Morgan fingerprint density at radius 2 is 2.22 bits per heavy atom. The number of nitrogens with zero attached hydrogens (tertiary/aromatic N) is 2. The van der Waals surface area contributed by atoms with Gasteiger partial charge in [0, 0.05) is 21.9 Å². The molecule has 0 unspecified atom stereocenters. The van der Waals surface area contributed by atoms with Gasteiger partial charge in [0.2, 0.25) is 0 Å². The van der Waals surface area contributed by atoms with Crippen molar-refractivity contribution in [3.05, 3.63) is 35.3 Å². The lowest BCUT2D eigenvalue weighted by Gasteiger charge is -1.96. The molecule has 1 amide bonds. The number of nitrogens with two attached hydrogens (primary N) is 1. The van der Waals surface area contributed by atoms with E-state index in [0.29, 0.717) is 15.6 Å². The van der Waals surface area contributed by atoms with Crippen molar-refractivity contribution in [2.24, 2.45) is 0 Å². The smallest absolute Gasteiger partial charge is 0.266 e. The van der Waals surface area contributed by atoms with Crippen LogP contribution in [0.25, 0.3) is 10.1 Å². The zero-order chi connectivity index (χ0) is 12.5. The van der Waals surface area contributed by atoms with E-state index in [1.807, 2.05) is 24.3 Å². The molecule has 5 nitrogen and oxygen atoms in total. The van der Waals surface area contributed by atoms with Gasteiger partial charge in [0.25, 0.3) is 5.91 Å². The molecule has 0 bridgehead atoms. The molecule has 2 heterocycles. The summed E-state index contributed by atoms with van der Waals surface area (Å²) in [6, 6.07) is 7.44. The van der Waals surface area contributed by atoms with Gasteiger partial charge in [0.1, 0.15) is 5.00 Å². The molecule has 0 fully saturated rings. The molecule has 18 heavy (non-hydrogen) atoms. The summed E-state index contributed by atoms with van der Waals surface area (Å²) in [4.78, 5) is 12.6. The molecule has 90 valence electrons. The molecule has 2 aromatic heterocycles. The van der Waals surface area contributed by atoms with Crippen LogP contribution >= 0.6 is 22.9 Å². The van der Waals surface area contributed by atoms with E-state index in [1.54, 1.807) is 0 Å². The van der Waals surface area contributed by atoms with E-state index in [-0.39, 0.29) is 5.91 Å². The topological polar surface area (TPSA) is 80.9 Å². The lowest BCUT2D eigenvalue weighted by molar-refractivity contribution is 0.103. The van der Waals surface area contributed by atoms with Crippen molar-refractivity contribution in [1.29, 1.82) is 0 Å². The molecule has 7 heteroatoms. The molecule has 0 saturated heterocycles. The quantitative estimate of drug-likeness (QED) is 0.705. The third-order valence-electron chi connectivity index (χ3n) is 2.36. The molecule has 3 N–H and O–H groups in total. The predicted octanol–water partition coefficient (Wildman–Crippen LogP) is 2.59. The highest BCUT2D eigenvalue weighted by Gasteiger charge is 2.11. The Hall–Kier alpha value is -1.99. The zero-order valence-corrected chi connectivity index (χ0v) is 10.7. The third kappa shape index (κ3) is 2.05. The summed E-state index contributed by atoms with van der Waals surface area (Å²) in [7, 11) is 0. The van der Waals surface area contributed by atoms with Crippen LogP contribution in [-0.2, 0) is 0 Å². The molecule has 0 aliphatic carbocycles. The number of nitrogen functional groups attached to an aromatic ring is 1. The minimum absolute atomic E-state index is 0.152. The Bertz CT molecular complexity index is 705. The first-order valence-electron chi connectivity index (χ1n) is 5.10. The molecule has 0 aliphatic heterocycles. The Labute approximate surface area is 110 Å². The van der Waals surface area contributed by atoms with Crippen LogP contribution in [-0.4, -0.2) is 15.5 Å². The number of carbonyl (C=O) groups excluding carboxylic acids is 1. The number of amides is 1. The second-order valence-electron chi connectivity index (χ2n) is 3.64. The van der Waals surface area contributed by atoms with Crippen LogP contribution in [0.5, 0.6) is 0 Å². The van der Waals surface area contributed by atoms with E-state index in [4.69, 9.17) is 5.73 Å². The molecule has 3 aromatic rings. The SMILES string of the molecule is Nc1ccc2sc(C(=O)Nc3cnns3)cc2c1. The van der Waals surface area contributed by atoms with Crippen LogP contribution in [0, 0.1) is 0 Å². The molecule has 0 radical (unpaired) electrons. The number of rotatable bonds is 2. The van der Waals surface area contributed by atoms with Crippen molar-refractivity contribution in [3.8, 4) is 0 Å². The maximum atomic E-state index is 12.0. The Balaban J connectivity index is 1.92. The number of anilines is 2. The summed E-state index contributed by atoms with van der Waals surface area (Å²) < 4.78 is 4.73. The standard InChI is InChI=1S/C11H8N4OS2/c12-7-1-2-8-6(3-7)4-9(17-8)11(16)14-10-5-13-15-18-10/h1-5H,12H2,(H,14,16). The molecule has 0 spiro atoms. The summed E-state index contributed by atoms with van der Waals surface area (Å²) >= 11 is 2.58. The Kier molecular flexibility index (Phi) is 2.69. The van der Waals surface area contributed by atoms with E-state index >= 15 is 0 Å². The second kappa shape index (κ2) is 4.35. The first kappa shape index (κ1) is 11.1. The van der Waals surface area contributed by atoms with Gasteiger partial charge < -0.3 is 11.1 Å². The van der Waals surface area contributed by atoms with Crippen LogP contribution in [0.3, 0.4) is 0 Å². The monoisotopic (exact) mass is 276 g/mol. The minimum Gasteiger partial charge on any atom is -0.399 e. The molecule has 1 aromatic carbocycles. The van der Waals surface area contributed by atoms with Crippen LogP contribution in [0.2, 0.25) is 0 Å². The van der Waals surface area contributed by atoms with Crippen molar-refractivity contribution >= 4 is 49.6 Å². The number of aromatic nitrogens is 2. The van der Waals surface area contributed by atoms with Gasteiger partial charge in [-0.2, -0.15) is 0 Å². The highest BCUT2D eigenvalue weighted by Crippen LogP contribution is 2.28. The molecule has 0 saturated carbocycles. The number of hydrogen-bond acceptors (Lipinski definition) is 6. The Morgan fingerprint density at radius 3 is 3.00 bits per heavy atom. The summed E-state index contributed by atoms with van der Waals surface area (Å²) in [5.74, 6) is -0.152. The van der Waals surface area contributed by atoms with Gasteiger partial charge in [-0.3, -0.25) is 4.79 Å². The van der Waals surface area contributed by atoms with E-state index in [0.717, 1.165) is 21.6 Å². The van der Waals surface area contributed by atoms with Gasteiger partial charge >= 0.3 is 0 Å². The lowest BCUT2D eigenvalue weighted by Crippen LogP contribution is -2.08. The number of nitrogens with one attached hydrogen (secondary N) is 1. The van der Waals surface area contributed by atoms with E-state index < -0.39 is 0 Å². The van der Waals surface area contributed by atoms with E-state index in [9.17, 15) is 4.79 Å². The van der Waals surface area contributed by atoms with Gasteiger partial charge in [-0.05, 0) is 29.7 Å². The minimum atomic E-state index is -0.152. The van der Waals surface area contributed by atoms with Crippen LogP contribution in [0.4, 0.5) is 10.7 Å². The molecule has 0 atom stereocenters. The molecule has 0 aliphatic rings. The van der Waals surface area contributed by atoms with Crippen molar-refractivity contribution in [2.45, 2.75) is 0 Å². The van der Waals surface area contributed by atoms with Gasteiger partial charge in [0.15, 0.2) is 0 Å². The largest absolute Gasteiger partial charge is 0.399 e. The van der Waals surface area contributed by atoms with Crippen LogP contribution < -0.4 is 11.1 Å². The summed E-state index contributed by atoms with van der Waals surface area (Å²) in [5, 5.41) is 8.03. The first-order valence-corrected chi connectivity index (χ1v) is 6.69. The fourth-order valence-corrected chi connectivity index (χ4v) is 2.92. The van der Waals surface area contributed by atoms with Gasteiger partial charge in [-0.1, -0.05) is 4.49 Å². The van der Waals surface area contributed by atoms with Crippen molar-refractivity contribution < 1.29 is 4.79 Å². The predicted molar refractivity (Wildman–Crippen MR) is 74.1 cm³/mol. The highest BCUT2D eigenvalue weighted by molar-refractivity contribution is 7.21. The van der Waals surface area contributed by atoms with Crippen molar-refractivity contribution in [2.75, 3.05) is 11.1 Å². The average Bonchev–Trinajstić information content (AvgIpc) is 2.96. The van der Waals surface area contributed by atoms with Crippen LogP contribution in [0.15, 0.2) is 30.5 Å². The van der Waals surface area contributed by atoms with Gasteiger partial charge in [-0.25, -0.2) is 0 Å². The summed E-state index contributed by atoms with van der Waals surface area (Å²) in [6.45, 7) is 0. The number of carbonyl (C=O) groups is 1. The number of hydrogen-bond donors (Lipinski definition) is 2. The van der Waals surface area contributed by atoms with Crippen LogP contribution in [0.1, 0.15) is 9.67 Å². The third-order valence-corrected chi connectivity index (χ3v) is 4.06. The first-order chi connectivity index (χ1) is 8.72. The summed E-state index contributed by atoms with van der Waals surface area (Å²) in [6.07, 6.45) is 1.52. The van der Waals surface area contributed by atoms with Gasteiger partial charge in [-0.15, -0.1) is 16.4 Å². The van der Waals surface area contributed by atoms with Gasteiger partial charge in [0.05, 0.1) is 11.1 Å². The maximum absolute atomic E-state index is 12.0. The lowest BCUT2D eigenvalue weighted by atomic mass is 10.2.